The predicted octanol–water partition coefficient (Wildman–Crippen LogP) is 4.95. The van der Waals surface area contributed by atoms with Crippen molar-refractivity contribution in [2.75, 3.05) is 13.1 Å². The number of urea groups is 1. The first-order valence-electron chi connectivity index (χ1n) is 14.8. The van der Waals surface area contributed by atoms with Crippen molar-refractivity contribution >= 4 is 19.2 Å². The van der Waals surface area contributed by atoms with Crippen molar-refractivity contribution in [3.8, 4) is 0 Å². The van der Waals surface area contributed by atoms with E-state index in [1.54, 1.807) is 4.90 Å². The fourth-order valence-corrected chi connectivity index (χ4v) is 7.36. The number of carbonyl (C=O) groups excluding carboxylic acids is 2. The Morgan fingerprint density at radius 1 is 1.15 bits per heavy atom. The summed E-state index contributed by atoms with van der Waals surface area (Å²) in [6, 6.07) is 9.77. The molecule has 8 nitrogen and oxygen atoms in total. The van der Waals surface area contributed by atoms with E-state index in [4.69, 9.17) is 14.0 Å². The number of hydrogen-bond donors (Lipinski definition) is 2. The maximum Gasteiger partial charge on any atom is 0.482 e. The maximum atomic E-state index is 13.3. The number of hydrogen-bond acceptors (Lipinski definition) is 5. The summed E-state index contributed by atoms with van der Waals surface area (Å²) in [5, 5.41) is 6.20. The average molecular weight is 540 g/mol. The summed E-state index contributed by atoms with van der Waals surface area (Å²) < 4.78 is 18.9. The number of nitrogens with one attached hydrogen (secondary N) is 2. The lowest BCUT2D eigenvalue weighted by Crippen LogP contribution is -2.65. The molecule has 0 radical (unpaired) electrons. The summed E-state index contributed by atoms with van der Waals surface area (Å²) in [7, 11) is -0.519. The summed E-state index contributed by atoms with van der Waals surface area (Å²) in [4.78, 5) is 27.8. The zero-order valence-corrected chi connectivity index (χ0v) is 24.5. The van der Waals surface area contributed by atoms with Crippen LogP contribution in [0.1, 0.15) is 79.2 Å². The molecule has 9 heteroatoms. The zero-order valence-electron chi connectivity index (χ0n) is 24.5. The van der Waals surface area contributed by atoms with Gasteiger partial charge < -0.3 is 29.6 Å². The Labute approximate surface area is 234 Å². The van der Waals surface area contributed by atoms with Crippen LogP contribution < -0.4 is 10.6 Å². The van der Waals surface area contributed by atoms with Gasteiger partial charge in [0.2, 0.25) is 0 Å². The van der Waals surface area contributed by atoms with Gasteiger partial charge in [0.1, 0.15) is 5.60 Å². The van der Waals surface area contributed by atoms with Gasteiger partial charge in [-0.05, 0) is 89.0 Å². The van der Waals surface area contributed by atoms with Crippen molar-refractivity contribution in [3.05, 3.63) is 35.9 Å². The summed E-state index contributed by atoms with van der Waals surface area (Å²) in [5.41, 5.74) is 0.470. The lowest BCUT2D eigenvalue weighted by Gasteiger charge is -2.64. The quantitative estimate of drug-likeness (QED) is 0.500. The topological polar surface area (TPSA) is 89.1 Å². The average Bonchev–Trinajstić information content (AvgIpc) is 3.24. The van der Waals surface area contributed by atoms with Crippen LogP contribution in [0.2, 0.25) is 0 Å². The Bertz CT molecular complexity index is 1050. The number of nitrogens with zero attached hydrogens (tertiary/aromatic N) is 1. The maximum absolute atomic E-state index is 13.3. The summed E-state index contributed by atoms with van der Waals surface area (Å²) in [6.07, 6.45) is 5.31. The highest BCUT2D eigenvalue weighted by atomic mass is 16.7. The van der Waals surface area contributed by atoms with Crippen LogP contribution in [0.5, 0.6) is 0 Å². The van der Waals surface area contributed by atoms with Crippen LogP contribution in [0.3, 0.4) is 0 Å². The Morgan fingerprint density at radius 2 is 1.90 bits per heavy atom. The Balaban J connectivity index is 1.24. The number of ether oxygens (including phenoxy) is 1. The van der Waals surface area contributed by atoms with Crippen molar-refractivity contribution in [1.29, 1.82) is 0 Å². The van der Waals surface area contributed by atoms with Crippen LogP contribution in [0, 0.1) is 17.3 Å². The minimum absolute atomic E-state index is 0.0482. The van der Waals surface area contributed by atoms with Crippen LogP contribution >= 0.6 is 0 Å². The molecule has 2 aliphatic heterocycles. The molecule has 5 fully saturated rings. The van der Waals surface area contributed by atoms with E-state index in [0.717, 1.165) is 31.2 Å². The predicted molar refractivity (Wildman–Crippen MR) is 151 cm³/mol. The van der Waals surface area contributed by atoms with Crippen LogP contribution in [0.4, 0.5) is 9.59 Å². The number of rotatable bonds is 6. The molecule has 5 aliphatic rings. The van der Waals surface area contributed by atoms with E-state index in [-0.39, 0.29) is 41.2 Å². The largest absolute Gasteiger partial charge is 0.482 e. The molecule has 6 rings (SSSR count). The van der Waals surface area contributed by atoms with E-state index < -0.39 is 12.7 Å². The lowest BCUT2D eigenvalue weighted by atomic mass is 9.43. The molecular weight excluding hydrogens is 493 g/mol. The molecule has 214 valence electrons. The first-order valence-corrected chi connectivity index (χ1v) is 14.8. The van der Waals surface area contributed by atoms with Gasteiger partial charge in [-0.3, -0.25) is 0 Å². The monoisotopic (exact) mass is 539 g/mol. The second kappa shape index (κ2) is 10.6. The molecule has 39 heavy (non-hydrogen) atoms. The molecule has 2 N–H and O–H groups in total. The van der Waals surface area contributed by atoms with E-state index in [1.807, 2.05) is 39.0 Å². The highest BCUT2D eigenvalue weighted by Gasteiger charge is 2.68. The Morgan fingerprint density at radius 3 is 2.59 bits per heavy atom. The summed E-state index contributed by atoms with van der Waals surface area (Å²) in [5.74, 6) is 0.772. The normalized spacial score (nSPS) is 32.1. The van der Waals surface area contributed by atoms with Crippen LogP contribution in [-0.2, 0) is 20.5 Å². The van der Waals surface area contributed by atoms with Crippen molar-refractivity contribution < 1.29 is 23.6 Å². The number of likely N-dealkylation sites (tertiary alicyclic amines) is 1. The van der Waals surface area contributed by atoms with Gasteiger partial charge in [-0.2, -0.15) is 0 Å². The van der Waals surface area contributed by atoms with Crippen molar-refractivity contribution in [2.45, 2.75) is 109 Å². The number of piperidine rings is 1. The molecule has 3 saturated carbocycles. The van der Waals surface area contributed by atoms with Gasteiger partial charge in [0, 0.05) is 13.1 Å². The van der Waals surface area contributed by atoms with E-state index >= 15 is 0 Å². The second-order valence-corrected chi connectivity index (χ2v) is 13.8. The Kier molecular flexibility index (Phi) is 7.70. The summed E-state index contributed by atoms with van der Waals surface area (Å²) in [6.45, 7) is 13.5. The van der Waals surface area contributed by atoms with E-state index in [2.05, 4.69) is 43.5 Å². The zero-order chi connectivity index (χ0) is 28.0. The van der Waals surface area contributed by atoms with Gasteiger partial charge in [-0.25, -0.2) is 9.59 Å². The van der Waals surface area contributed by atoms with Gasteiger partial charge in [-0.1, -0.05) is 44.2 Å². The second-order valence-electron chi connectivity index (χ2n) is 13.8. The first-order chi connectivity index (χ1) is 18.4. The molecule has 2 heterocycles. The Hall–Kier alpha value is -2.26. The fourth-order valence-electron chi connectivity index (χ4n) is 7.36. The smallest absolute Gasteiger partial charge is 0.444 e. The van der Waals surface area contributed by atoms with Crippen molar-refractivity contribution in [1.82, 2.24) is 15.5 Å². The molecule has 0 aromatic heterocycles. The third-order valence-corrected chi connectivity index (χ3v) is 9.67. The molecule has 1 aromatic carbocycles. The fraction of sp³-hybridized carbons (Fsp3) is 0.733. The van der Waals surface area contributed by atoms with Gasteiger partial charge in [0.15, 0.2) is 0 Å². The van der Waals surface area contributed by atoms with Gasteiger partial charge in [0.25, 0.3) is 0 Å². The first kappa shape index (κ1) is 28.3. The molecule has 6 atom stereocenters. The standard InChI is InChI=1S/C30H46BN3O5/c1-28(2,3)37-27(36)34-15-11-10-14-22(34)19-32-26(35)33-25(16-20-12-8-7-9-13-20)31-38-24-18-21-17-23(29(21,4)5)30(24,6)39-31/h7-9,12-13,21-25H,10-11,14-19H2,1-6H3,(H2,32,33,35)/t21-,22+,23-,24+,25-,30-/m0/s1. The van der Waals surface area contributed by atoms with Gasteiger partial charge in [-0.15, -0.1) is 0 Å². The van der Waals surface area contributed by atoms with E-state index in [0.29, 0.717) is 31.3 Å². The minimum atomic E-state index is -0.556. The van der Waals surface area contributed by atoms with Crippen molar-refractivity contribution in [3.63, 3.8) is 0 Å². The van der Waals surface area contributed by atoms with Gasteiger partial charge in [0.05, 0.1) is 23.7 Å². The van der Waals surface area contributed by atoms with Crippen molar-refractivity contribution in [2.24, 2.45) is 17.3 Å². The minimum Gasteiger partial charge on any atom is -0.444 e. The lowest BCUT2D eigenvalue weighted by molar-refractivity contribution is -0.199. The molecule has 1 aromatic rings. The molecule has 3 amide bonds. The van der Waals surface area contributed by atoms with Crippen LogP contribution in [0.25, 0.3) is 0 Å². The van der Waals surface area contributed by atoms with Crippen LogP contribution in [0.15, 0.2) is 30.3 Å². The number of carbonyl (C=O) groups is 2. The molecule has 2 saturated heterocycles. The third kappa shape index (κ3) is 5.80. The molecule has 0 unspecified atom stereocenters. The molecular formula is C30H46BN3O5. The van der Waals surface area contributed by atoms with E-state index in [1.165, 1.54) is 6.42 Å². The third-order valence-electron chi connectivity index (χ3n) is 9.67. The number of benzene rings is 1. The SMILES string of the molecule is CC(C)(C)OC(=O)N1CCCC[C@@H]1CNC(=O)N[C@@H](Cc1ccccc1)B1O[C@@H]2C[C@@H]3C[C@@H](C3(C)C)[C@]2(C)O1. The number of amides is 3. The van der Waals surface area contributed by atoms with E-state index in [9.17, 15) is 9.59 Å². The highest BCUT2D eigenvalue weighted by molar-refractivity contribution is 6.48. The highest BCUT2D eigenvalue weighted by Crippen LogP contribution is 2.65. The van der Waals surface area contributed by atoms with Crippen LogP contribution in [-0.4, -0.2) is 66.5 Å². The molecule has 3 aliphatic carbocycles. The molecule has 2 bridgehead atoms. The molecule has 0 spiro atoms. The summed E-state index contributed by atoms with van der Waals surface area (Å²) >= 11 is 0. The van der Waals surface area contributed by atoms with Gasteiger partial charge >= 0.3 is 19.2 Å².